The Bertz CT molecular complexity index is 158. The van der Waals surface area contributed by atoms with Crippen LogP contribution < -0.4 is 0 Å². The van der Waals surface area contributed by atoms with Gasteiger partial charge in [0.1, 0.15) is 6.61 Å². The molecule has 0 aromatic heterocycles. The predicted octanol–water partition coefficient (Wildman–Crippen LogP) is -0.646. The van der Waals surface area contributed by atoms with Gasteiger partial charge in [0.05, 0.1) is 25.2 Å². The number of carbonyl (C=O) groups is 1. The van der Waals surface area contributed by atoms with Gasteiger partial charge in [0.2, 0.25) is 0 Å². The molecule has 0 aliphatic rings. The summed E-state index contributed by atoms with van der Waals surface area (Å²) in [6, 6.07) is 0. The highest BCUT2D eigenvalue weighted by atomic mass is 32.1. The lowest BCUT2D eigenvalue weighted by molar-refractivity contribution is -0.150. The number of hydrogen-bond acceptors (Lipinski definition) is 5. The molecule has 0 aliphatic carbocycles. The Balaban J connectivity index is -0.000000120. The second-order valence-corrected chi connectivity index (χ2v) is 2.99. The predicted molar refractivity (Wildman–Crippen MR) is 86.5 cm³/mol. The van der Waals surface area contributed by atoms with Gasteiger partial charge in [0.25, 0.3) is 0 Å². The van der Waals surface area contributed by atoms with Crippen LogP contribution in [0, 0.1) is 5.41 Å². The molecular formula is C8H24O5S4. The molecule has 0 saturated heterocycles. The maximum atomic E-state index is 10.7. The van der Waals surface area contributed by atoms with Crippen molar-refractivity contribution in [3.63, 3.8) is 0 Å². The molecule has 0 bridgehead atoms. The van der Waals surface area contributed by atoms with Crippen LogP contribution in [0.4, 0.5) is 0 Å². The van der Waals surface area contributed by atoms with Gasteiger partial charge >= 0.3 is 5.97 Å². The fourth-order valence-corrected chi connectivity index (χ4v) is 0.623. The van der Waals surface area contributed by atoms with Gasteiger partial charge in [0, 0.05) is 6.42 Å². The molecule has 0 unspecified atom stereocenters. The van der Waals surface area contributed by atoms with Crippen molar-refractivity contribution in [3.8, 4) is 0 Å². The highest BCUT2D eigenvalue weighted by Crippen LogP contribution is 2.15. The molecule has 9 heteroatoms. The summed E-state index contributed by atoms with van der Waals surface area (Å²) in [6.07, 6.45) is 0.234. The van der Waals surface area contributed by atoms with Crippen molar-refractivity contribution in [2.75, 3.05) is 26.4 Å². The summed E-state index contributed by atoms with van der Waals surface area (Å²) in [4.78, 5) is 10.7. The summed E-state index contributed by atoms with van der Waals surface area (Å²) in [5.74, 6) is -0.417. The molecule has 0 aromatic rings. The SMILES string of the molecule is CCC(=O)OCC(CO)(CO)CO.S.S.S.S. The van der Waals surface area contributed by atoms with Crippen molar-refractivity contribution in [1.29, 1.82) is 0 Å². The Hall–Kier alpha value is 0.750. The van der Waals surface area contributed by atoms with Crippen molar-refractivity contribution in [2.45, 2.75) is 13.3 Å². The molecule has 0 saturated carbocycles. The van der Waals surface area contributed by atoms with Crippen LogP contribution in [-0.2, 0) is 9.53 Å². The highest BCUT2D eigenvalue weighted by molar-refractivity contribution is 7.59. The van der Waals surface area contributed by atoms with Crippen LogP contribution in [0.15, 0.2) is 0 Å². The first-order valence-corrected chi connectivity index (χ1v) is 4.12. The number of hydrogen-bond donors (Lipinski definition) is 3. The number of esters is 1. The molecular weight excluding hydrogens is 304 g/mol. The second-order valence-electron chi connectivity index (χ2n) is 2.99. The molecule has 0 fully saturated rings. The smallest absolute Gasteiger partial charge is 0.305 e. The van der Waals surface area contributed by atoms with Crippen molar-refractivity contribution in [1.82, 2.24) is 0 Å². The zero-order valence-corrected chi connectivity index (χ0v) is 13.7. The number of rotatable bonds is 6. The number of aliphatic hydroxyl groups excluding tert-OH is 3. The minimum atomic E-state index is -1.12. The molecule has 0 atom stereocenters. The van der Waals surface area contributed by atoms with Gasteiger partial charge in [-0.15, -0.1) is 0 Å². The van der Waals surface area contributed by atoms with Crippen LogP contribution in [0.3, 0.4) is 0 Å². The molecule has 17 heavy (non-hydrogen) atoms. The van der Waals surface area contributed by atoms with E-state index in [0.29, 0.717) is 0 Å². The summed E-state index contributed by atoms with van der Waals surface area (Å²) in [5, 5.41) is 26.6. The van der Waals surface area contributed by atoms with Gasteiger partial charge in [-0.25, -0.2) is 0 Å². The average molecular weight is 329 g/mol. The Kier molecular flexibility index (Phi) is 30.2. The largest absolute Gasteiger partial charge is 0.465 e. The zero-order chi connectivity index (χ0) is 10.3. The van der Waals surface area contributed by atoms with E-state index in [2.05, 4.69) is 0 Å². The maximum absolute atomic E-state index is 10.7. The van der Waals surface area contributed by atoms with E-state index in [0.717, 1.165) is 0 Å². The molecule has 0 spiro atoms. The van der Waals surface area contributed by atoms with Gasteiger partial charge in [-0.3, -0.25) is 4.79 Å². The lowest BCUT2D eigenvalue weighted by Gasteiger charge is -2.26. The third kappa shape index (κ3) is 11.6. The minimum absolute atomic E-state index is 0. The number of ether oxygens (including phenoxy) is 1. The van der Waals surface area contributed by atoms with Crippen LogP contribution >= 0.6 is 54.0 Å². The maximum Gasteiger partial charge on any atom is 0.305 e. The minimum Gasteiger partial charge on any atom is -0.465 e. The summed E-state index contributed by atoms with van der Waals surface area (Å²) in [5.41, 5.74) is -1.12. The first kappa shape index (κ1) is 30.6. The van der Waals surface area contributed by atoms with E-state index in [1.54, 1.807) is 6.92 Å². The topological polar surface area (TPSA) is 87.0 Å². The quantitative estimate of drug-likeness (QED) is 0.564. The normalized spacial score (nSPS) is 8.71. The van der Waals surface area contributed by atoms with Crippen LogP contribution in [0.2, 0.25) is 0 Å². The van der Waals surface area contributed by atoms with Gasteiger partial charge in [-0.05, 0) is 0 Å². The van der Waals surface area contributed by atoms with Crippen molar-refractivity contribution < 1.29 is 24.9 Å². The van der Waals surface area contributed by atoms with Crippen LogP contribution in [-0.4, -0.2) is 47.7 Å². The van der Waals surface area contributed by atoms with Gasteiger partial charge in [0.15, 0.2) is 0 Å². The third-order valence-corrected chi connectivity index (χ3v) is 1.83. The summed E-state index contributed by atoms with van der Waals surface area (Å²) >= 11 is 0. The van der Waals surface area contributed by atoms with Crippen LogP contribution in [0.1, 0.15) is 13.3 Å². The number of aliphatic hydroxyl groups is 3. The highest BCUT2D eigenvalue weighted by Gasteiger charge is 2.29. The Morgan fingerprint density at radius 3 is 1.59 bits per heavy atom. The Morgan fingerprint density at radius 1 is 1.00 bits per heavy atom. The molecule has 0 heterocycles. The van der Waals surface area contributed by atoms with Crippen molar-refractivity contribution in [2.24, 2.45) is 5.41 Å². The Labute approximate surface area is 130 Å². The van der Waals surface area contributed by atoms with E-state index in [1.165, 1.54) is 0 Å². The van der Waals surface area contributed by atoms with Crippen LogP contribution in [0.5, 0.6) is 0 Å². The zero-order valence-electron chi connectivity index (χ0n) is 9.69. The second kappa shape index (κ2) is 16.8. The molecule has 3 N–H and O–H groups in total. The first-order chi connectivity index (χ1) is 6.14. The molecule has 0 aliphatic heterocycles. The summed E-state index contributed by atoms with van der Waals surface area (Å²) < 4.78 is 4.71. The lowest BCUT2D eigenvalue weighted by Crippen LogP contribution is -2.39. The van der Waals surface area contributed by atoms with Crippen molar-refractivity contribution in [3.05, 3.63) is 0 Å². The molecule has 0 rings (SSSR count). The monoisotopic (exact) mass is 328 g/mol. The molecule has 5 nitrogen and oxygen atoms in total. The molecule has 0 aromatic carbocycles. The summed E-state index contributed by atoms with van der Waals surface area (Å²) in [6.45, 7) is 0.217. The first-order valence-electron chi connectivity index (χ1n) is 4.12. The molecule has 110 valence electrons. The Morgan fingerprint density at radius 2 is 1.35 bits per heavy atom. The van der Waals surface area contributed by atoms with E-state index in [1.807, 2.05) is 0 Å². The van der Waals surface area contributed by atoms with Gasteiger partial charge in [-0.2, -0.15) is 54.0 Å². The van der Waals surface area contributed by atoms with Crippen molar-refractivity contribution >= 4 is 60.0 Å². The lowest BCUT2D eigenvalue weighted by atomic mass is 9.93. The van der Waals surface area contributed by atoms with E-state index in [-0.39, 0.29) is 67.0 Å². The fourth-order valence-electron chi connectivity index (χ4n) is 0.623. The third-order valence-electron chi connectivity index (χ3n) is 1.83. The average Bonchev–Trinajstić information content (AvgIpc) is 2.20. The van der Waals surface area contributed by atoms with E-state index >= 15 is 0 Å². The van der Waals surface area contributed by atoms with Gasteiger partial charge in [-0.1, -0.05) is 6.92 Å². The van der Waals surface area contributed by atoms with Gasteiger partial charge < -0.3 is 20.1 Å². The van der Waals surface area contributed by atoms with E-state index < -0.39 is 31.2 Å². The molecule has 0 radical (unpaired) electrons. The standard InChI is InChI=1S/C8H16O5.4H2S/c1-2-7(12)13-6-8(3-9,4-10)5-11;;;;/h9-11H,2-6H2,1H3;4*1H2. The fraction of sp³-hybridized carbons (Fsp3) is 0.875. The van der Waals surface area contributed by atoms with E-state index in [9.17, 15) is 4.79 Å². The summed E-state index contributed by atoms with van der Waals surface area (Å²) in [7, 11) is 0. The molecule has 0 amide bonds. The number of carbonyl (C=O) groups excluding carboxylic acids is 1. The van der Waals surface area contributed by atoms with E-state index in [4.69, 9.17) is 20.1 Å². The van der Waals surface area contributed by atoms with Crippen LogP contribution in [0.25, 0.3) is 0 Å².